The van der Waals surface area contributed by atoms with Crippen molar-refractivity contribution >= 4 is 5.69 Å². The highest BCUT2D eigenvalue weighted by atomic mass is 16.6. The number of aryl methyl sites for hydroxylation is 2. The molecule has 0 aliphatic carbocycles. The molecule has 0 aliphatic heterocycles. The van der Waals surface area contributed by atoms with Crippen LogP contribution >= 0.6 is 0 Å². The lowest BCUT2D eigenvalue weighted by molar-refractivity contribution is 0.141. The number of hydrogen-bond donors (Lipinski definition) is 1. The fourth-order valence-corrected chi connectivity index (χ4v) is 1.65. The molecule has 3 heteroatoms. The topological polar surface area (TPSA) is 38.5 Å². The third-order valence-electron chi connectivity index (χ3n) is 2.67. The van der Waals surface area contributed by atoms with Crippen molar-refractivity contribution in [1.82, 2.24) is 0 Å². The molecule has 0 fully saturated rings. The summed E-state index contributed by atoms with van der Waals surface area (Å²) in [5.74, 6) is 5.06. The molecule has 84 valence electrons. The van der Waals surface area contributed by atoms with Crippen LogP contribution in [-0.2, 0) is 11.3 Å². The van der Waals surface area contributed by atoms with Crippen molar-refractivity contribution in [3.8, 4) is 0 Å². The number of anilines is 1. The van der Waals surface area contributed by atoms with Crippen LogP contribution in [0, 0.1) is 13.8 Å². The van der Waals surface area contributed by atoms with E-state index in [9.17, 15) is 0 Å². The van der Waals surface area contributed by atoms with E-state index < -0.39 is 0 Å². The summed E-state index contributed by atoms with van der Waals surface area (Å²) in [5, 5.41) is 0. The number of benzene rings is 1. The van der Waals surface area contributed by atoms with E-state index in [2.05, 4.69) is 49.8 Å². The Bertz CT molecular complexity index is 335. The number of nitrogens with zero attached hydrogens (tertiary/aromatic N) is 1. The summed E-state index contributed by atoms with van der Waals surface area (Å²) < 4.78 is 0. The molecule has 0 saturated heterocycles. The summed E-state index contributed by atoms with van der Waals surface area (Å²) >= 11 is 0. The third kappa shape index (κ3) is 2.94. The van der Waals surface area contributed by atoms with E-state index in [1.807, 2.05) is 0 Å². The molecule has 0 aromatic heterocycles. The molecular formula is C12H20N2O. The van der Waals surface area contributed by atoms with Gasteiger partial charge >= 0.3 is 0 Å². The van der Waals surface area contributed by atoms with Crippen molar-refractivity contribution in [1.29, 1.82) is 0 Å². The van der Waals surface area contributed by atoms with Crippen LogP contribution in [0.25, 0.3) is 0 Å². The van der Waals surface area contributed by atoms with Gasteiger partial charge in [0, 0.05) is 19.8 Å². The van der Waals surface area contributed by atoms with Crippen molar-refractivity contribution in [2.24, 2.45) is 5.90 Å². The largest absolute Gasteiger partial charge is 0.377 e. The van der Waals surface area contributed by atoms with E-state index in [0.717, 1.165) is 6.42 Å². The Balaban J connectivity index is 3.04. The summed E-state index contributed by atoms with van der Waals surface area (Å²) in [6.07, 6.45) is 0.852. The van der Waals surface area contributed by atoms with Crippen LogP contribution in [0.2, 0.25) is 0 Å². The molecular weight excluding hydrogens is 188 g/mol. The molecule has 0 heterocycles. The van der Waals surface area contributed by atoms with Crippen LogP contribution in [0.4, 0.5) is 5.69 Å². The van der Waals surface area contributed by atoms with Gasteiger partial charge in [-0.15, -0.1) is 0 Å². The lowest BCUT2D eigenvalue weighted by Gasteiger charge is -2.19. The van der Waals surface area contributed by atoms with Gasteiger partial charge in [0.1, 0.15) is 0 Å². The zero-order valence-electron chi connectivity index (χ0n) is 10.0. The maximum Gasteiger partial charge on any atom is 0.0720 e. The highest BCUT2D eigenvalue weighted by Crippen LogP contribution is 2.23. The first kappa shape index (κ1) is 12.0. The first-order valence-corrected chi connectivity index (χ1v) is 5.15. The van der Waals surface area contributed by atoms with Crippen LogP contribution in [0.15, 0.2) is 12.1 Å². The first-order valence-electron chi connectivity index (χ1n) is 5.15. The van der Waals surface area contributed by atoms with Crippen LogP contribution in [0.3, 0.4) is 0 Å². The molecule has 1 aromatic carbocycles. The molecule has 0 unspecified atom stereocenters. The minimum absolute atomic E-state index is 0.559. The molecule has 1 aromatic rings. The van der Waals surface area contributed by atoms with E-state index >= 15 is 0 Å². The van der Waals surface area contributed by atoms with Gasteiger partial charge in [-0.1, -0.05) is 6.07 Å². The lowest BCUT2D eigenvalue weighted by atomic mass is 10.0. The van der Waals surface area contributed by atoms with Gasteiger partial charge in [0.25, 0.3) is 0 Å². The Morgan fingerprint density at radius 2 is 1.80 bits per heavy atom. The standard InChI is InChI=1S/C12H20N2O/c1-9-7-11(5-6-15-13)12(14(3)4)8-10(9)2/h7-8H,5-6,13H2,1-4H3. The molecule has 0 aliphatic rings. The van der Waals surface area contributed by atoms with E-state index in [4.69, 9.17) is 5.90 Å². The lowest BCUT2D eigenvalue weighted by Crippen LogP contribution is -2.14. The summed E-state index contributed by atoms with van der Waals surface area (Å²) in [5.41, 5.74) is 5.16. The van der Waals surface area contributed by atoms with E-state index in [0.29, 0.717) is 6.61 Å². The predicted octanol–water partition coefficient (Wildman–Crippen LogP) is 1.80. The summed E-state index contributed by atoms with van der Waals surface area (Å²) in [6.45, 7) is 4.82. The van der Waals surface area contributed by atoms with Crippen LogP contribution < -0.4 is 10.8 Å². The highest BCUT2D eigenvalue weighted by Gasteiger charge is 2.06. The van der Waals surface area contributed by atoms with Gasteiger partial charge in [-0.3, -0.25) is 0 Å². The van der Waals surface area contributed by atoms with Gasteiger partial charge in [-0.05, 0) is 43.0 Å². The van der Waals surface area contributed by atoms with Crippen molar-refractivity contribution in [3.05, 3.63) is 28.8 Å². The molecule has 0 radical (unpaired) electrons. The fraction of sp³-hybridized carbons (Fsp3) is 0.500. The van der Waals surface area contributed by atoms with E-state index in [1.165, 1.54) is 22.4 Å². The monoisotopic (exact) mass is 208 g/mol. The molecule has 1 rings (SSSR count). The number of rotatable bonds is 4. The minimum atomic E-state index is 0.559. The summed E-state index contributed by atoms with van der Waals surface area (Å²) in [6, 6.07) is 4.42. The SMILES string of the molecule is Cc1cc(CCON)c(N(C)C)cc1C. The first-order chi connectivity index (χ1) is 7.06. The van der Waals surface area contributed by atoms with Crippen molar-refractivity contribution < 1.29 is 4.84 Å². The molecule has 3 nitrogen and oxygen atoms in total. The van der Waals surface area contributed by atoms with Crippen LogP contribution in [0.5, 0.6) is 0 Å². The quantitative estimate of drug-likeness (QED) is 0.767. The normalized spacial score (nSPS) is 10.5. The molecule has 0 amide bonds. The number of nitrogens with two attached hydrogens (primary N) is 1. The Labute approximate surface area is 91.8 Å². The second-order valence-electron chi connectivity index (χ2n) is 4.08. The molecule has 0 spiro atoms. The van der Waals surface area contributed by atoms with E-state index in [-0.39, 0.29) is 0 Å². The molecule has 15 heavy (non-hydrogen) atoms. The van der Waals surface area contributed by atoms with Crippen molar-refractivity contribution in [3.63, 3.8) is 0 Å². The van der Waals surface area contributed by atoms with E-state index in [1.54, 1.807) is 0 Å². The van der Waals surface area contributed by atoms with Crippen LogP contribution in [0.1, 0.15) is 16.7 Å². The van der Waals surface area contributed by atoms with Crippen LogP contribution in [-0.4, -0.2) is 20.7 Å². The second kappa shape index (κ2) is 5.14. The van der Waals surface area contributed by atoms with Crippen molar-refractivity contribution in [2.75, 3.05) is 25.6 Å². The Morgan fingerprint density at radius 3 is 2.33 bits per heavy atom. The highest BCUT2D eigenvalue weighted by molar-refractivity contribution is 5.56. The maximum absolute atomic E-state index is 5.06. The average molecular weight is 208 g/mol. The third-order valence-corrected chi connectivity index (χ3v) is 2.67. The molecule has 0 bridgehead atoms. The molecule has 0 saturated carbocycles. The summed E-state index contributed by atoms with van der Waals surface area (Å²) in [7, 11) is 4.10. The van der Waals surface area contributed by atoms with Gasteiger partial charge in [-0.2, -0.15) is 0 Å². The fourth-order valence-electron chi connectivity index (χ4n) is 1.65. The molecule has 0 atom stereocenters. The Morgan fingerprint density at radius 1 is 1.20 bits per heavy atom. The van der Waals surface area contributed by atoms with Crippen molar-refractivity contribution in [2.45, 2.75) is 20.3 Å². The van der Waals surface area contributed by atoms with Gasteiger partial charge < -0.3 is 9.74 Å². The van der Waals surface area contributed by atoms with Gasteiger partial charge in [0.05, 0.1) is 6.61 Å². The predicted molar refractivity (Wildman–Crippen MR) is 64.1 cm³/mol. The minimum Gasteiger partial charge on any atom is -0.377 e. The van der Waals surface area contributed by atoms with Gasteiger partial charge in [0.15, 0.2) is 0 Å². The summed E-state index contributed by atoms with van der Waals surface area (Å²) in [4.78, 5) is 6.76. The molecule has 2 N–H and O–H groups in total. The maximum atomic E-state index is 5.06. The number of hydrogen-bond acceptors (Lipinski definition) is 3. The smallest absolute Gasteiger partial charge is 0.0720 e. The second-order valence-corrected chi connectivity index (χ2v) is 4.08. The Hall–Kier alpha value is -1.06. The zero-order valence-corrected chi connectivity index (χ0v) is 10.0. The average Bonchev–Trinajstić information content (AvgIpc) is 2.19. The Kier molecular flexibility index (Phi) is 4.12. The van der Waals surface area contributed by atoms with Gasteiger partial charge in [-0.25, -0.2) is 5.90 Å². The van der Waals surface area contributed by atoms with Gasteiger partial charge in [0.2, 0.25) is 0 Å². The zero-order chi connectivity index (χ0) is 11.4.